The van der Waals surface area contributed by atoms with E-state index in [1.165, 1.54) is 11.3 Å². The molecule has 0 atom stereocenters. The summed E-state index contributed by atoms with van der Waals surface area (Å²) in [6.07, 6.45) is 0. The molecule has 2 N–H and O–H groups in total. The maximum absolute atomic E-state index is 13.5. The summed E-state index contributed by atoms with van der Waals surface area (Å²) in [4.78, 5) is 12.4. The number of rotatable bonds is 2. The Bertz CT molecular complexity index is 592. The number of halogens is 2. The van der Waals surface area contributed by atoms with Gasteiger partial charge < -0.3 is 5.73 Å². The molecule has 2 rings (SSSR count). The molecule has 0 saturated carbocycles. The Kier molecular flexibility index (Phi) is 2.93. The Morgan fingerprint density at radius 3 is 2.59 bits per heavy atom. The van der Waals surface area contributed by atoms with Gasteiger partial charge in [0, 0.05) is 6.07 Å². The van der Waals surface area contributed by atoms with Crippen LogP contribution in [-0.4, -0.2) is 5.78 Å². The number of anilines is 1. The summed E-state index contributed by atoms with van der Waals surface area (Å²) in [6.45, 7) is 1.76. The highest BCUT2D eigenvalue weighted by Crippen LogP contribution is 2.24. The van der Waals surface area contributed by atoms with Gasteiger partial charge in [0.2, 0.25) is 5.78 Å². The van der Waals surface area contributed by atoms with Crippen molar-refractivity contribution < 1.29 is 13.6 Å². The van der Waals surface area contributed by atoms with Crippen molar-refractivity contribution in [3.05, 3.63) is 51.2 Å². The lowest BCUT2D eigenvalue weighted by molar-refractivity contribution is 0.103. The van der Waals surface area contributed by atoms with E-state index in [9.17, 15) is 13.6 Å². The third-order valence-corrected chi connectivity index (χ3v) is 3.41. The van der Waals surface area contributed by atoms with Crippen molar-refractivity contribution in [2.45, 2.75) is 6.92 Å². The van der Waals surface area contributed by atoms with Crippen LogP contribution in [0.5, 0.6) is 0 Å². The van der Waals surface area contributed by atoms with Gasteiger partial charge >= 0.3 is 0 Å². The quantitative estimate of drug-likeness (QED) is 0.660. The van der Waals surface area contributed by atoms with Crippen LogP contribution in [0.25, 0.3) is 0 Å². The van der Waals surface area contributed by atoms with Crippen molar-refractivity contribution in [1.29, 1.82) is 0 Å². The molecule has 17 heavy (non-hydrogen) atoms. The molecule has 2 aromatic rings. The van der Waals surface area contributed by atoms with Gasteiger partial charge in [-0.15, -0.1) is 11.3 Å². The van der Waals surface area contributed by atoms with Crippen LogP contribution < -0.4 is 5.73 Å². The molecule has 0 bridgehead atoms. The molecule has 0 radical (unpaired) electrons. The highest BCUT2D eigenvalue weighted by molar-refractivity contribution is 7.12. The van der Waals surface area contributed by atoms with Gasteiger partial charge in [-0.25, -0.2) is 8.78 Å². The van der Waals surface area contributed by atoms with Gasteiger partial charge in [-0.1, -0.05) is 0 Å². The van der Waals surface area contributed by atoms with Crippen molar-refractivity contribution >= 4 is 22.8 Å². The van der Waals surface area contributed by atoms with Crippen molar-refractivity contribution in [3.63, 3.8) is 0 Å². The fourth-order valence-electron chi connectivity index (χ4n) is 1.47. The van der Waals surface area contributed by atoms with Crippen LogP contribution in [0.1, 0.15) is 20.8 Å². The van der Waals surface area contributed by atoms with Crippen LogP contribution >= 0.6 is 11.3 Å². The first-order valence-corrected chi connectivity index (χ1v) is 5.72. The zero-order valence-corrected chi connectivity index (χ0v) is 9.78. The Hall–Kier alpha value is -1.75. The smallest absolute Gasteiger partial charge is 0.206 e. The van der Waals surface area contributed by atoms with Crippen LogP contribution in [0.4, 0.5) is 14.5 Å². The number of carbonyl (C=O) groups excluding carboxylic acids is 1. The second-order valence-electron chi connectivity index (χ2n) is 3.62. The zero-order valence-electron chi connectivity index (χ0n) is 8.96. The van der Waals surface area contributed by atoms with E-state index < -0.39 is 17.4 Å². The lowest BCUT2D eigenvalue weighted by Crippen LogP contribution is -2.06. The maximum Gasteiger partial charge on any atom is 0.206 e. The molecule has 1 aromatic heterocycles. The van der Waals surface area contributed by atoms with E-state index >= 15 is 0 Å². The predicted molar refractivity (Wildman–Crippen MR) is 63.3 cm³/mol. The second-order valence-corrected chi connectivity index (χ2v) is 4.53. The summed E-state index contributed by atoms with van der Waals surface area (Å²) in [5.41, 5.74) is 5.66. The van der Waals surface area contributed by atoms with Gasteiger partial charge in [0.05, 0.1) is 16.1 Å². The summed E-state index contributed by atoms with van der Waals surface area (Å²) < 4.78 is 26.5. The number of hydrogen-bond donors (Lipinski definition) is 1. The van der Waals surface area contributed by atoms with Crippen LogP contribution in [0.2, 0.25) is 0 Å². The largest absolute Gasteiger partial charge is 0.396 e. The third-order valence-electron chi connectivity index (χ3n) is 2.40. The van der Waals surface area contributed by atoms with Gasteiger partial charge in [-0.2, -0.15) is 0 Å². The first-order chi connectivity index (χ1) is 8.00. The molecule has 0 fully saturated rings. The summed E-state index contributed by atoms with van der Waals surface area (Å²) in [7, 11) is 0. The summed E-state index contributed by atoms with van der Waals surface area (Å²) in [5, 5.41) is 1.74. The number of aryl methyl sites for hydroxylation is 1. The predicted octanol–water partition coefficient (Wildman–Crippen LogP) is 3.15. The van der Waals surface area contributed by atoms with Crippen LogP contribution in [0, 0.1) is 18.6 Å². The Labute approximate surface area is 101 Å². The molecule has 88 valence electrons. The van der Waals surface area contributed by atoms with Gasteiger partial charge in [-0.05, 0) is 30.0 Å². The molecule has 0 unspecified atom stereocenters. The number of nitrogen functional groups attached to an aromatic ring is 1. The fourth-order valence-corrected chi connectivity index (χ4v) is 2.35. The van der Waals surface area contributed by atoms with E-state index in [1.54, 1.807) is 18.4 Å². The summed E-state index contributed by atoms with van der Waals surface area (Å²) in [5.74, 6) is -2.22. The van der Waals surface area contributed by atoms with Gasteiger partial charge in [0.15, 0.2) is 0 Å². The number of nitrogens with two attached hydrogens (primary N) is 1. The number of carbonyl (C=O) groups is 1. The normalized spacial score (nSPS) is 10.5. The average molecular weight is 253 g/mol. The van der Waals surface area contributed by atoms with E-state index in [0.717, 1.165) is 11.6 Å². The molecule has 1 aromatic carbocycles. The standard InChI is InChI=1S/C12H9F2NOS/c1-6-2-3-17-12(6)11(16)7-4-10(15)9(14)5-8(7)13/h2-5H,15H2,1H3. The number of thiophene rings is 1. The van der Waals surface area contributed by atoms with E-state index in [-0.39, 0.29) is 11.3 Å². The van der Waals surface area contributed by atoms with Crippen molar-refractivity contribution in [1.82, 2.24) is 0 Å². The van der Waals surface area contributed by atoms with Crippen molar-refractivity contribution in [3.8, 4) is 0 Å². The van der Waals surface area contributed by atoms with Gasteiger partial charge in [-0.3, -0.25) is 4.79 Å². The maximum atomic E-state index is 13.5. The van der Waals surface area contributed by atoms with E-state index in [2.05, 4.69) is 0 Å². The molecule has 1 heterocycles. The van der Waals surface area contributed by atoms with Gasteiger partial charge in [0.1, 0.15) is 11.6 Å². The summed E-state index contributed by atoms with van der Waals surface area (Å²) >= 11 is 1.22. The van der Waals surface area contributed by atoms with E-state index in [4.69, 9.17) is 5.73 Å². The Balaban J connectivity index is 2.52. The Morgan fingerprint density at radius 1 is 1.29 bits per heavy atom. The minimum atomic E-state index is -0.894. The molecule has 5 heteroatoms. The second kappa shape index (κ2) is 4.25. The summed E-state index contributed by atoms with van der Waals surface area (Å²) in [6, 6.07) is 3.43. The minimum Gasteiger partial charge on any atom is -0.396 e. The number of hydrogen-bond acceptors (Lipinski definition) is 3. The lowest BCUT2D eigenvalue weighted by atomic mass is 10.1. The highest BCUT2D eigenvalue weighted by Gasteiger charge is 2.19. The molecule has 0 saturated heterocycles. The van der Waals surface area contributed by atoms with E-state index in [1.807, 2.05) is 0 Å². The fraction of sp³-hybridized carbons (Fsp3) is 0.0833. The molecular weight excluding hydrogens is 244 g/mol. The minimum absolute atomic E-state index is 0.200. The average Bonchev–Trinajstić information content (AvgIpc) is 2.69. The lowest BCUT2D eigenvalue weighted by Gasteiger charge is -2.04. The molecule has 0 amide bonds. The van der Waals surface area contributed by atoms with Crippen molar-refractivity contribution in [2.75, 3.05) is 5.73 Å². The first kappa shape index (κ1) is 11.7. The topological polar surface area (TPSA) is 43.1 Å². The molecule has 0 aliphatic rings. The molecule has 0 spiro atoms. The van der Waals surface area contributed by atoms with Crippen LogP contribution in [0.15, 0.2) is 23.6 Å². The first-order valence-electron chi connectivity index (χ1n) is 4.84. The van der Waals surface area contributed by atoms with Gasteiger partial charge in [0.25, 0.3) is 0 Å². The monoisotopic (exact) mass is 253 g/mol. The van der Waals surface area contributed by atoms with Crippen molar-refractivity contribution in [2.24, 2.45) is 0 Å². The number of ketones is 1. The van der Waals surface area contributed by atoms with Crippen LogP contribution in [0.3, 0.4) is 0 Å². The van der Waals surface area contributed by atoms with Crippen LogP contribution in [-0.2, 0) is 0 Å². The zero-order chi connectivity index (χ0) is 12.6. The molecule has 2 nitrogen and oxygen atoms in total. The number of benzene rings is 1. The third kappa shape index (κ3) is 2.06. The SMILES string of the molecule is Cc1ccsc1C(=O)c1cc(N)c(F)cc1F. The van der Waals surface area contributed by atoms with E-state index in [0.29, 0.717) is 10.9 Å². The molecular formula is C12H9F2NOS. The Morgan fingerprint density at radius 2 is 2.00 bits per heavy atom. The molecule has 0 aliphatic heterocycles. The highest BCUT2D eigenvalue weighted by atomic mass is 32.1. The molecule has 0 aliphatic carbocycles.